The number of nitrogens with zero attached hydrogens (tertiary/aromatic N) is 1. The zero-order valence-electron chi connectivity index (χ0n) is 14.0. The van der Waals surface area contributed by atoms with E-state index in [2.05, 4.69) is 6.92 Å². The number of allylic oxidation sites excluding steroid dienone is 3. The molecular weight excluding hydrogens is 274 g/mol. The molecule has 0 N–H and O–H groups in total. The Morgan fingerprint density at radius 3 is 2.27 bits per heavy atom. The standard InChI is InChI=1S/C19H27NO2/c1-4-14-5-7-15(8-6-14)11-20-18-13(3)17(21)10-9-16(18)12(2)19(20)22/h9-10,12-15H,4-8,11H2,1-3H3. The maximum Gasteiger partial charge on any atom is 0.234 e. The van der Waals surface area contributed by atoms with Crippen molar-refractivity contribution in [2.24, 2.45) is 23.7 Å². The summed E-state index contributed by atoms with van der Waals surface area (Å²) in [5, 5.41) is 0. The first kappa shape index (κ1) is 15.5. The summed E-state index contributed by atoms with van der Waals surface area (Å²) in [6.07, 6.45) is 9.81. The summed E-state index contributed by atoms with van der Waals surface area (Å²) in [5.74, 6) is 1.53. The lowest BCUT2D eigenvalue weighted by Crippen LogP contribution is -2.37. The summed E-state index contributed by atoms with van der Waals surface area (Å²) in [5.41, 5.74) is 2.06. The second-order valence-electron chi connectivity index (χ2n) is 7.26. The highest BCUT2D eigenvalue weighted by Crippen LogP contribution is 2.40. The molecule has 0 bridgehead atoms. The fourth-order valence-electron chi connectivity index (χ4n) is 4.30. The molecule has 2 unspecified atom stereocenters. The van der Waals surface area contributed by atoms with Gasteiger partial charge in [-0.25, -0.2) is 0 Å². The number of rotatable bonds is 3. The van der Waals surface area contributed by atoms with E-state index >= 15 is 0 Å². The summed E-state index contributed by atoms with van der Waals surface area (Å²) in [4.78, 5) is 26.6. The van der Waals surface area contributed by atoms with Crippen LogP contribution in [0.2, 0.25) is 0 Å². The Morgan fingerprint density at radius 2 is 1.64 bits per heavy atom. The van der Waals surface area contributed by atoms with E-state index in [1.165, 1.54) is 32.1 Å². The SMILES string of the molecule is CCC1CCC(CN2C(=O)C(C)C3=C2C(C)C(=O)C=C3)CC1. The lowest BCUT2D eigenvalue weighted by atomic mass is 9.80. The van der Waals surface area contributed by atoms with Crippen molar-refractivity contribution < 1.29 is 9.59 Å². The number of ketones is 1. The van der Waals surface area contributed by atoms with Crippen LogP contribution in [0, 0.1) is 23.7 Å². The normalized spacial score (nSPS) is 35.3. The van der Waals surface area contributed by atoms with Gasteiger partial charge in [0.1, 0.15) is 0 Å². The largest absolute Gasteiger partial charge is 0.314 e. The molecule has 0 aromatic heterocycles. The van der Waals surface area contributed by atoms with Gasteiger partial charge in [-0.05, 0) is 50.2 Å². The van der Waals surface area contributed by atoms with Crippen molar-refractivity contribution in [1.82, 2.24) is 4.90 Å². The van der Waals surface area contributed by atoms with Crippen LogP contribution < -0.4 is 0 Å². The molecule has 3 rings (SSSR count). The number of carbonyl (C=O) groups is 2. The van der Waals surface area contributed by atoms with Crippen LogP contribution in [0.25, 0.3) is 0 Å². The van der Waals surface area contributed by atoms with Gasteiger partial charge in [0.15, 0.2) is 5.78 Å². The Labute approximate surface area is 133 Å². The van der Waals surface area contributed by atoms with Crippen molar-refractivity contribution in [3.8, 4) is 0 Å². The van der Waals surface area contributed by atoms with Crippen molar-refractivity contribution in [3.05, 3.63) is 23.4 Å². The third-order valence-corrected chi connectivity index (χ3v) is 5.94. The van der Waals surface area contributed by atoms with Crippen molar-refractivity contribution in [1.29, 1.82) is 0 Å². The third kappa shape index (κ3) is 2.55. The highest BCUT2D eigenvalue weighted by Gasteiger charge is 2.41. The Balaban J connectivity index is 1.76. The number of amides is 1. The summed E-state index contributed by atoms with van der Waals surface area (Å²) in [7, 11) is 0. The molecular formula is C19H27NO2. The quantitative estimate of drug-likeness (QED) is 0.797. The zero-order valence-corrected chi connectivity index (χ0v) is 14.0. The molecule has 1 amide bonds. The maximum atomic E-state index is 12.7. The van der Waals surface area contributed by atoms with Crippen LogP contribution >= 0.6 is 0 Å². The van der Waals surface area contributed by atoms with Crippen molar-refractivity contribution in [3.63, 3.8) is 0 Å². The molecule has 1 aliphatic heterocycles. The summed E-state index contributed by atoms with van der Waals surface area (Å²) in [6.45, 7) is 6.99. The molecule has 3 aliphatic rings. The van der Waals surface area contributed by atoms with Crippen molar-refractivity contribution in [2.45, 2.75) is 52.9 Å². The van der Waals surface area contributed by atoms with E-state index in [0.29, 0.717) is 5.92 Å². The molecule has 3 heteroatoms. The first-order chi connectivity index (χ1) is 10.5. The topological polar surface area (TPSA) is 37.4 Å². The highest BCUT2D eigenvalue weighted by atomic mass is 16.2. The molecule has 0 aromatic rings. The van der Waals surface area contributed by atoms with E-state index in [4.69, 9.17) is 0 Å². The van der Waals surface area contributed by atoms with Crippen LogP contribution in [-0.4, -0.2) is 23.1 Å². The van der Waals surface area contributed by atoms with Crippen LogP contribution in [0.15, 0.2) is 23.4 Å². The van der Waals surface area contributed by atoms with E-state index in [1.807, 2.05) is 24.8 Å². The molecule has 22 heavy (non-hydrogen) atoms. The van der Waals surface area contributed by atoms with Gasteiger partial charge < -0.3 is 4.90 Å². The lowest BCUT2D eigenvalue weighted by molar-refractivity contribution is -0.131. The average molecular weight is 301 g/mol. The molecule has 2 aliphatic carbocycles. The molecule has 0 aromatic carbocycles. The van der Waals surface area contributed by atoms with Crippen LogP contribution in [0.4, 0.5) is 0 Å². The van der Waals surface area contributed by atoms with E-state index in [1.54, 1.807) is 6.08 Å². The van der Waals surface area contributed by atoms with Crippen LogP contribution in [-0.2, 0) is 9.59 Å². The van der Waals surface area contributed by atoms with E-state index in [-0.39, 0.29) is 23.5 Å². The summed E-state index contributed by atoms with van der Waals surface area (Å²) < 4.78 is 0. The fourth-order valence-corrected chi connectivity index (χ4v) is 4.30. The van der Waals surface area contributed by atoms with E-state index in [0.717, 1.165) is 23.7 Å². The van der Waals surface area contributed by atoms with Crippen LogP contribution in [0.5, 0.6) is 0 Å². The molecule has 1 fully saturated rings. The van der Waals surface area contributed by atoms with Gasteiger partial charge in [0, 0.05) is 12.2 Å². The van der Waals surface area contributed by atoms with Crippen molar-refractivity contribution in [2.75, 3.05) is 6.54 Å². The van der Waals surface area contributed by atoms with Gasteiger partial charge in [0.2, 0.25) is 5.91 Å². The molecule has 120 valence electrons. The Morgan fingerprint density at radius 1 is 1.00 bits per heavy atom. The van der Waals surface area contributed by atoms with Gasteiger partial charge in [0.05, 0.1) is 11.8 Å². The number of carbonyl (C=O) groups excluding carboxylic acids is 2. The predicted molar refractivity (Wildman–Crippen MR) is 87.0 cm³/mol. The third-order valence-electron chi connectivity index (χ3n) is 5.94. The molecule has 0 saturated heterocycles. The Kier molecular flexibility index (Phi) is 4.24. The molecule has 3 nitrogen and oxygen atoms in total. The van der Waals surface area contributed by atoms with Gasteiger partial charge in [-0.15, -0.1) is 0 Å². The van der Waals surface area contributed by atoms with Gasteiger partial charge in [-0.3, -0.25) is 9.59 Å². The first-order valence-electron chi connectivity index (χ1n) is 8.80. The van der Waals surface area contributed by atoms with Gasteiger partial charge in [0.25, 0.3) is 0 Å². The second-order valence-corrected chi connectivity index (χ2v) is 7.26. The highest BCUT2D eigenvalue weighted by molar-refractivity contribution is 5.99. The maximum absolute atomic E-state index is 12.7. The minimum Gasteiger partial charge on any atom is -0.314 e. The molecule has 0 spiro atoms. The van der Waals surface area contributed by atoms with E-state index < -0.39 is 0 Å². The van der Waals surface area contributed by atoms with Gasteiger partial charge in [-0.1, -0.05) is 32.3 Å². The van der Waals surface area contributed by atoms with Crippen molar-refractivity contribution >= 4 is 11.7 Å². The Bertz CT molecular complexity index is 538. The monoisotopic (exact) mass is 301 g/mol. The van der Waals surface area contributed by atoms with Crippen LogP contribution in [0.1, 0.15) is 52.9 Å². The smallest absolute Gasteiger partial charge is 0.234 e. The van der Waals surface area contributed by atoms with Gasteiger partial charge in [-0.2, -0.15) is 0 Å². The minimum atomic E-state index is -0.166. The lowest BCUT2D eigenvalue weighted by Gasteiger charge is -2.33. The van der Waals surface area contributed by atoms with E-state index in [9.17, 15) is 9.59 Å². The van der Waals surface area contributed by atoms with Crippen LogP contribution in [0.3, 0.4) is 0 Å². The Hall–Kier alpha value is -1.38. The van der Waals surface area contributed by atoms with Gasteiger partial charge >= 0.3 is 0 Å². The molecule has 0 radical (unpaired) electrons. The second kappa shape index (κ2) is 6.02. The zero-order chi connectivity index (χ0) is 15.9. The molecule has 2 atom stereocenters. The summed E-state index contributed by atoms with van der Waals surface area (Å²) in [6, 6.07) is 0. The molecule has 1 heterocycles. The predicted octanol–water partition coefficient (Wildman–Crippen LogP) is 3.71. The fraction of sp³-hybridized carbons (Fsp3) is 0.684. The minimum absolute atomic E-state index is 0.0891. The molecule has 1 saturated carbocycles. The number of hydrogen-bond donors (Lipinski definition) is 0. The number of hydrogen-bond acceptors (Lipinski definition) is 2. The average Bonchev–Trinajstić information content (AvgIpc) is 2.77. The first-order valence-corrected chi connectivity index (χ1v) is 8.80. The summed E-state index contributed by atoms with van der Waals surface area (Å²) >= 11 is 0.